The zero-order valence-corrected chi connectivity index (χ0v) is 13.1. The van der Waals surface area contributed by atoms with Gasteiger partial charge >= 0.3 is 5.97 Å². The molecule has 0 aliphatic heterocycles. The summed E-state index contributed by atoms with van der Waals surface area (Å²) in [4.78, 5) is 11.8. The highest BCUT2D eigenvalue weighted by molar-refractivity contribution is 5.98. The third-order valence-electron chi connectivity index (χ3n) is 2.78. The number of carbonyl (C=O) groups is 1. The number of nitriles is 1. The summed E-state index contributed by atoms with van der Waals surface area (Å²) in [6, 6.07) is 5.13. The fourth-order valence-corrected chi connectivity index (χ4v) is 1.76. The van der Waals surface area contributed by atoms with Gasteiger partial charge < -0.3 is 18.9 Å². The quantitative estimate of drug-likeness (QED) is 0.438. The number of benzene rings is 1. The summed E-state index contributed by atoms with van der Waals surface area (Å²) in [7, 11) is 4.48. The van der Waals surface area contributed by atoms with Crippen molar-refractivity contribution in [2.24, 2.45) is 0 Å². The molecule has 118 valence electrons. The Morgan fingerprint density at radius 2 is 1.77 bits per heavy atom. The SMILES string of the molecule is CCCOC(=O)C(C#N)=Cc1cc(OC)c(OC)c(OC)c1. The van der Waals surface area contributed by atoms with Gasteiger partial charge in [-0.2, -0.15) is 5.26 Å². The number of esters is 1. The highest BCUT2D eigenvalue weighted by atomic mass is 16.5. The lowest BCUT2D eigenvalue weighted by molar-refractivity contribution is -0.138. The largest absolute Gasteiger partial charge is 0.493 e. The molecule has 0 saturated carbocycles. The Labute approximate surface area is 129 Å². The van der Waals surface area contributed by atoms with Crippen LogP contribution in [0.1, 0.15) is 18.9 Å². The van der Waals surface area contributed by atoms with Crippen LogP contribution in [0.25, 0.3) is 6.08 Å². The van der Waals surface area contributed by atoms with Crippen molar-refractivity contribution < 1.29 is 23.7 Å². The zero-order valence-electron chi connectivity index (χ0n) is 13.1. The van der Waals surface area contributed by atoms with Crippen LogP contribution in [0.2, 0.25) is 0 Å². The van der Waals surface area contributed by atoms with Crippen LogP contribution in [0.4, 0.5) is 0 Å². The maximum Gasteiger partial charge on any atom is 0.348 e. The average Bonchev–Trinajstić information content (AvgIpc) is 2.56. The Kier molecular flexibility index (Phi) is 6.77. The van der Waals surface area contributed by atoms with E-state index in [1.54, 1.807) is 12.1 Å². The Morgan fingerprint density at radius 1 is 1.18 bits per heavy atom. The topological polar surface area (TPSA) is 77.8 Å². The number of hydrogen-bond donors (Lipinski definition) is 0. The molecular formula is C16H19NO5. The van der Waals surface area contributed by atoms with Crippen LogP contribution in [0.3, 0.4) is 0 Å². The highest BCUT2D eigenvalue weighted by Crippen LogP contribution is 2.38. The number of hydrogen-bond acceptors (Lipinski definition) is 6. The van der Waals surface area contributed by atoms with Gasteiger partial charge in [-0.15, -0.1) is 0 Å². The van der Waals surface area contributed by atoms with E-state index in [1.165, 1.54) is 27.4 Å². The molecule has 0 bridgehead atoms. The molecule has 0 unspecified atom stereocenters. The van der Waals surface area contributed by atoms with Crippen LogP contribution in [-0.4, -0.2) is 33.9 Å². The molecule has 6 nitrogen and oxygen atoms in total. The average molecular weight is 305 g/mol. The van der Waals surface area contributed by atoms with Gasteiger partial charge in [0.05, 0.1) is 27.9 Å². The molecule has 0 amide bonds. The van der Waals surface area contributed by atoms with Crippen molar-refractivity contribution in [1.82, 2.24) is 0 Å². The fourth-order valence-electron chi connectivity index (χ4n) is 1.76. The smallest absolute Gasteiger partial charge is 0.348 e. The van der Waals surface area contributed by atoms with Crippen molar-refractivity contribution in [1.29, 1.82) is 5.26 Å². The van der Waals surface area contributed by atoms with Crippen LogP contribution in [0.15, 0.2) is 17.7 Å². The first-order chi connectivity index (χ1) is 10.6. The van der Waals surface area contributed by atoms with E-state index in [-0.39, 0.29) is 12.2 Å². The molecule has 1 rings (SSSR count). The predicted octanol–water partition coefficient (Wildman–Crippen LogP) is 2.57. The number of methoxy groups -OCH3 is 3. The molecule has 0 radical (unpaired) electrons. The third-order valence-corrected chi connectivity index (χ3v) is 2.78. The molecule has 0 aliphatic carbocycles. The first-order valence-electron chi connectivity index (χ1n) is 6.70. The van der Waals surface area contributed by atoms with Crippen molar-refractivity contribution in [3.63, 3.8) is 0 Å². The van der Waals surface area contributed by atoms with Crippen molar-refractivity contribution in [3.05, 3.63) is 23.3 Å². The minimum Gasteiger partial charge on any atom is -0.493 e. The number of nitrogens with zero attached hydrogens (tertiary/aromatic N) is 1. The standard InChI is InChI=1S/C16H19NO5/c1-5-6-22-16(18)12(10-17)7-11-8-13(19-2)15(21-4)14(9-11)20-3/h7-9H,5-6H2,1-4H3. The maximum absolute atomic E-state index is 11.8. The minimum atomic E-state index is -0.655. The molecule has 0 fully saturated rings. The van der Waals surface area contributed by atoms with Crippen LogP contribution in [0, 0.1) is 11.3 Å². The van der Waals surface area contributed by atoms with Gasteiger partial charge in [0.25, 0.3) is 0 Å². The van der Waals surface area contributed by atoms with E-state index in [4.69, 9.17) is 24.2 Å². The summed E-state index contributed by atoms with van der Waals surface area (Å²) in [5.74, 6) is 0.659. The molecule has 0 saturated heterocycles. The lowest BCUT2D eigenvalue weighted by Gasteiger charge is -2.13. The first-order valence-corrected chi connectivity index (χ1v) is 6.70. The molecule has 0 aliphatic rings. The van der Waals surface area contributed by atoms with Gasteiger partial charge in [-0.1, -0.05) is 6.92 Å². The lowest BCUT2D eigenvalue weighted by atomic mass is 10.1. The first kappa shape index (κ1) is 17.4. The Balaban J connectivity index is 3.22. The van der Waals surface area contributed by atoms with Gasteiger partial charge in [-0.05, 0) is 30.2 Å². The monoisotopic (exact) mass is 305 g/mol. The van der Waals surface area contributed by atoms with Crippen LogP contribution in [0.5, 0.6) is 17.2 Å². The van der Waals surface area contributed by atoms with Crippen LogP contribution < -0.4 is 14.2 Å². The zero-order chi connectivity index (χ0) is 16.5. The van der Waals surface area contributed by atoms with E-state index in [2.05, 4.69) is 0 Å². The number of ether oxygens (including phenoxy) is 4. The summed E-state index contributed by atoms with van der Waals surface area (Å²) in [6.07, 6.45) is 2.11. The summed E-state index contributed by atoms with van der Waals surface area (Å²) in [6.45, 7) is 2.15. The Hall–Kier alpha value is -2.68. The second kappa shape index (κ2) is 8.57. The second-order valence-corrected chi connectivity index (χ2v) is 4.26. The molecule has 1 aromatic rings. The molecule has 0 heterocycles. The summed E-state index contributed by atoms with van der Waals surface area (Å²) in [5.41, 5.74) is 0.474. The van der Waals surface area contributed by atoms with Crippen LogP contribution >= 0.6 is 0 Å². The molecule has 0 spiro atoms. The molecule has 0 atom stereocenters. The second-order valence-electron chi connectivity index (χ2n) is 4.26. The van der Waals surface area contributed by atoms with E-state index < -0.39 is 5.97 Å². The third kappa shape index (κ3) is 4.16. The lowest BCUT2D eigenvalue weighted by Crippen LogP contribution is -2.07. The maximum atomic E-state index is 11.8. The van der Waals surface area contributed by atoms with Crippen LogP contribution in [-0.2, 0) is 9.53 Å². The van der Waals surface area contributed by atoms with Gasteiger partial charge in [-0.3, -0.25) is 0 Å². The van der Waals surface area contributed by atoms with E-state index in [1.807, 2.05) is 13.0 Å². The highest BCUT2D eigenvalue weighted by Gasteiger charge is 2.15. The Bertz CT molecular complexity index is 576. The number of rotatable bonds is 7. The minimum absolute atomic E-state index is 0.0947. The van der Waals surface area contributed by atoms with Gasteiger partial charge in [0, 0.05) is 0 Å². The normalized spacial score (nSPS) is 10.6. The van der Waals surface area contributed by atoms with E-state index >= 15 is 0 Å². The van der Waals surface area contributed by atoms with Gasteiger partial charge in [0.1, 0.15) is 11.6 Å². The van der Waals surface area contributed by atoms with Crippen molar-refractivity contribution in [3.8, 4) is 23.3 Å². The summed E-state index contributed by atoms with van der Waals surface area (Å²) < 4.78 is 20.6. The Morgan fingerprint density at radius 3 is 2.18 bits per heavy atom. The van der Waals surface area contributed by atoms with Crippen molar-refractivity contribution >= 4 is 12.0 Å². The molecule has 1 aromatic carbocycles. The summed E-state index contributed by atoms with van der Waals surface area (Å²) >= 11 is 0. The summed E-state index contributed by atoms with van der Waals surface area (Å²) in [5, 5.41) is 9.10. The van der Waals surface area contributed by atoms with Crippen molar-refractivity contribution in [2.75, 3.05) is 27.9 Å². The molecule has 0 aromatic heterocycles. The van der Waals surface area contributed by atoms with E-state index in [0.29, 0.717) is 29.2 Å². The van der Waals surface area contributed by atoms with Gasteiger partial charge in [-0.25, -0.2) is 4.79 Å². The van der Waals surface area contributed by atoms with Crippen molar-refractivity contribution in [2.45, 2.75) is 13.3 Å². The van der Waals surface area contributed by atoms with Gasteiger partial charge in [0.2, 0.25) is 5.75 Å². The molecule has 0 N–H and O–H groups in total. The molecular weight excluding hydrogens is 286 g/mol. The fraction of sp³-hybridized carbons (Fsp3) is 0.375. The molecule has 6 heteroatoms. The molecule has 22 heavy (non-hydrogen) atoms. The van der Waals surface area contributed by atoms with Gasteiger partial charge in [0.15, 0.2) is 11.5 Å². The number of carbonyl (C=O) groups excluding carboxylic acids is 1. The predicted molar refractivity (Wildman–Crippen MR) is 80.9 cm³/mol. The van der Waals surface area contributed by atoms with E-state index in [9.17, 15) is 4.79 Å². The van der Waals surface area contributed by atoms with E-state index in [0.717, 1.165) is 0 Å².